The highest BCUT2D eigenvalue weighted by molar-refractivity contribution is 5.95. The summed E-state index contributed by atoms with van der Waals surface area (Å²) in [6.07, 6.45) is 11.3. The standard InChI is InChI=1S/C29H27FN6O/c30-27-6-2-1-4-25(27)28-15-26(24-5-3-9-32-29(24)34-28)21-14-20(16-31-17-21)22-18-33-36(19-22)23-7-10-35(11-8-23)12-13-37/h1-6,9,14-19,23,37H,7-8,10-13H2. The highest BCUT2D eigenvalue weighted by atomic mass is 19.1. The fourth-order valence-corrected chi connectivity index (χ4v) is 5.08. The lowest BCUT2D eigenvalue weighted by atomic mass is 9.99. The van der Waals surface area contributed by atoms with Crippen LogP contribution in [0.3, 0.4) is 0 Å². The Morgan fingerprint density at radius 1 is 0.919 bits per heavy atom. The van der Waals surface area contributed by atoms with E-state index in [4.69, 9.17) is 0 Å². The van der Waals surface area contributed by atoms with E-state index in [9.17, 15) is 9.50 Å². The lowest BCUT2D eigenvalue weighted by Gasteiger charge is -2.31. The summed E-state index contributed by atoms with van der Waals surface area (Å²) < 4.78 is 16.7. The van der Waals surface area contributed by atoms with Crippen LogP contribution in [0.25, 0.3) is 44.5 Å². The number of fused-ring (bicyclic) bond motifs is 1. The number of aliphatic hydroxyl groups is 1. The van der Waals surface area contributed by atoms with Gasteiger partial charge in [-0.2, -0.15) is 5.10 Å². The summed E-state index contributed by atoms with van der Waals surface area (Å²) in [5.74, 6) is -0.322. The Labute approximate surface area is 214 Å². The molecule has 0 amide bonds. The van der Waals surface area contributed by atoms with Crippen molar-refractivity contribution < 1.29 is 9.50 Å². The fourth-order valence-electron chi connectivity index (χ4n) is 5.08. The van der Waals surface area contributed by atoms with Crippen LogP contribution in [0.2, 0.25) is 0 Å². The molecule has 0 unspecified atom stereocenters. The van der Waals surface area contributed by atoms with Gasteiger partial charge in [0.1, 0.15) is 5.82 Å². The van der Waals surface area contributed by atoms with E-state index in [1.54, 1.807) is 24.4 Å². The number of halogens is 1. The van der Waals surface area contributed by atoms with Gasteiger partial charge in [0, 0.05) is 72.1 Å². The molecule has 1 fully saturated rings. The van der Waals surface area contributed by atoms with E-state index in [1.807, 2.05) is 36.8 Å². The van der Waals surface area contributed by atoms with Crippen molar-refractivity contribution in [3.05, 3.63) is 85.3 Å². The number of benzene rings is 1. The molecule has 0 saturated carbocycles. The van der Waals surface area contributed by atoms with Gasteiger partial charge in [0.25, 0.3) is 0 Å². The molecule has 1 aromatic carbocycles. The SMILES string of the molecule is OCCN1CCC(n2cc(-c3cncc(-c4cc(-c5ccccc5F)nc5ncccc45)c3)cn2)CC1. The van der Waals surface area contributed by atoms with Crippen LogP contribution in [0, 0.1) is 5.82 Å². The molecule has 5 heterocycles. The number of hydrogen-bond donors (Lipinski definition) is 1. The van der Waals surface area contributed by atoms with Crippen molar-refractivity contribution >= 4 is 11.0 Å². The van der Waals surface area contributed by atoms with Gasteiger partial charge in [-0.1, -0.05) is 12.1 Å². The zero-order valence-electron chi connectivity index (χ0n) is 20.3. The van der Waals surface area contributed by atoms with E-state index in [0.29, 0.717) is 22.9 Å². The van der Waals surface area contributed by atoms with E-state index in [-0.39, 0.29) is 12.4 Å². The Morgan fingerprint density at radius 3 is 2.59 bits per heavy atom. The lowest BCUT2D eigenvalue weighted by molar-refractivity contribution is 0.146. The Bertz CT molecular complexity index is 1540. The van der Waals surface area contributed by atoms with Gasteiger partial charge in [-0.05, 0) is 54.8 Å². The summed E-state index contributed by atoms with van der Waals surface area (Å²) in [5.41, 5.74) is 5.29. The smallest absolute Gasteiger partial charge is 0.160 e. The molecule has 0 aliphatic carbocycles. The lowest BCUT2D eigenvalue weighted by Crippen LogP contribution is -2.36. The second kappa shape index (κ2) is 10.2. The maximum absolute atomic E-state index is 14.6. The summed E-state index contributed by atoms with van der Waals surface area (Å²) in [6.45, 7) is 2.85. The summed E-state index contributed by atoms with van der Waals surface area (Å²) in [7, 11) is 0. The monoisotopic (exact) mass is 494 g/mol. The molecule has 0 spiro atoms. The Balaban J connectivity index is 1.35. The highest BCUT2D eigenvalue weighted by Gasteiger charge is 2.21. The molecule has 0 radical (unpaired) electrons. The third-order valence-electron chi connectivity index (χ3n) is 7.07. The van der Waals surface area contributed by atoms with Crippen LogP contribution < -0.4 is 0 Å². The number of piperidine rings is 1. The molecule has 4 aromatic heterocycles. The van der Waals surface area contributed by atoms with Gasteiger partial charge >= 0.3 is 0 Å². The van der Waals surface area contributed by atoms with E-state index < -0.39 is 0 Å². The van der Waals surface area contributed by atoms with E-state index in [0.717, 1.165) is 60.1 Å². The van der Waals surface area contributed by atoms with Crippen LogP contribution in [-0.2, 0) is 0 Å². The largest absolute Gasteiger partial charge is 0.395 e. The Kier molecular flexibility index (Phi) is 6.42. The molecule has 37 heavy (non-hydrogen) atoms. The molecule has 8 heteroatoms. The first kappa shape index (κ1) is 23.4. The van der Waals surface area contributed by atoms with Crippen molar-refractivity contribution in [1.29, 1.82) is 0 Å². The van der Waals surface area contributed by atoms with Crippen LogP contribution >= 0.6 is 0 Å². The maximum atomic E-state index is 14.6. The molecule has 6 rings (SSSR count). The van der Waals surface area contributed by atoms with Gasteiger partial charge in [-0.15, -0.1) is 0 Å². The molecule has 1 aliphatic rings. The number of nitrogens with zero attached hydrogens (tertiary/aromatic N) is 6. The molecule has 1 N–H and O–H groups in total. The van der Waals surface area contributed by atoms with Crippen molar-refractivity contribution in [1.82, 2.24) is 29.6 Å². The second-order valence-corrected chi connectivity index (χ2v) is 9.38. The number of pyridine rings is 3. The van der Waals surface area contributed by atoms with Crippen LogP contribution in [-0.4, -0.2) is 61.0 Å². The van der Waals surface area contributed by atoms with Crippen LogP contribution in [0.15, 0.2) is 79.5 Å². The summed E-state index contributed by atoms with van der Waals surface area (Å²) in [6, 6.07) is 14.8. The minimum Gasteiger partial charge on any atom is -0.395 e. The van der Waals surface area contributed by atoms with Crippen LogP contribution in [0.1, 0.15) is 18.9 Å². The van der Waals surface area contributed by atoms with Crippen LogP contribution in [0.4, 0.5) is 4.39 Å². The first-order valence-corrected chi connectivity index (χ1v) is 12.5. The zero-order chi connectivity index (χ0) is 25.2. The predicted octanol–water partition coefficient (Wildman–Crippen LogP) is 4.99. The van der Waals surface area contributed by atoms with E-state index >= 15 is 0 Å². The van der Waals surface area contributed by atoms with Gasteiger partial charge in [-0.25, -0.2) is 14.4 Å². The first-order chi connectivity index (χ1) is 18.2. The molecule has 0 atom stereocenters. The van der Waals surface area contributed by atoms with Crippen molar-refractivity contribution in [3.8, 4) is 33.5 Å². The molecule has 0 bridgehead atoms. The predicted molar refractivity (Wildman–Crippen MR) is 141 cm³/mol. The van der Waals surface area contributed by atoms with Gasteiger partial charge in [0.05, 0.1) is 24.5 Å². The van der Waals surface area contributed by atoms with Crippen molar-refractivity contribution in [2.45, 2.75) is 18.9 Å². The minimum atomic E-state index is -0.322. The summed E-state index contributed by atoms with van der Waals surface area (Å²) in [5, 5.41) is 14.7. The fraction of sp³-hybridized carbons (Fsp3) is 0.241. The highest BCUT2D eigenvalue weighted by Crippen LogP contribution is 2.34. The van der Waals surface area contributed by atoms with Gasteiger partial charge in [0.2, 0.25) is 0 Å². The number of likely N-dealkylation sites (tertiary alicyclic amines) is 1. The number of β-amino-alcohol motifs (C(OH)–C–C–N with tert-alkyl or cyclic N) is 1. The third kappa shape index (κ3) is 4.73. The number of aliphatic hydroxyl groups excluding tert-OH is 1. The van der Waals surface area contributed by atoms with Gasteiger partial charge in [0.15, 0.2) is 5.65 Å². The normalized spacial score (nSPS) is 14.9. The van der Waals surface area contributed by atoms with Crippen molar-refractivity contribution in [2.75, 3.05) is 26.2 Å². The van der Waals surface area contributed by atoms with Crippen molar-refractivity contribution in [2.24, 2.45) is 0 Å². The maximum Gasteiger partial charge on any atom is 0.160 e. The Morgan fingerprint density at radius 2 is 1.76 bits per heavy atom. The molecular formula is C29H27FN6O. The first-order valence-electron chi connectivity index (χ1n) is 12.5. The summed E-state index contributed by atoms with van der Waals surface area (Å²) in [4.78, 5) is 15.9. The number of aromatic nitrogens is 5. The summed E-state index contributed by atoms with van der Waals surface area (Å²) >= 11 is 0. The molecule has 7 nitrogen and oxygen atoms in total. The second-order valence-electron chi connectivity index (χ2n) is 9.38. The van der Waals surface area contributed by atoms with Gasteiger partial charge in [-0.3, -0.25) is 9.67 Å². The number of hydrogen-bond acceptors (Lipinski definition) is 6. The minimum absolute atomic E-state index is 0.199. The molecule has 1 saturated heterocycles. The molecule has 186 valence electrons. The third-order valence-corrected chi connectivity index (χ3v) is 7.07. The number of rotatable bonds is 6. The van der Waals surface area contributed by atoms with E-state index in [2.05, 4.69) is 41.9 Å². The quantitative estimate of drug-likeness (QED) is 0.358. The molecule has 1 aliphatic heterocycles. The van der Waals surface area contributed by atoms with Crippen molar-refractivity contribution in [3.63, 3.8) is 0 Å². The zero-order valence-corrected chi connectivity index (χ0v) is 20.3. The molecule has 5 aromatic rings. The topological polar surface area (TPSA) is 80.0 Å². The van der Waals surface area contributed by atoms with E-state index in [1.165, 1.54) is 6.07 Å². The Hall–Kier alpha value is -4.01. The average molecular weight is 495 g/mol. The van der Waals surface area contributed by atoms with Crippen LogP contribution in [0.5, 0.6) is 0 Å². The average Bonchev–Trinajstić information content (AvgIpc) is 3.44. The van der Waals surface area contributed by atoms with Gasteiger partial charge < -0.3 is 10.0 Å². The molecular weight excluding hydrogens is 467 g/mol.